The van der Waals surface area contributed by atoms with E-state index in [2.05, 4.69) is 15.7 Å². The van der Waals surface area contributed by atoms with Gasteiger partial charge in [-0.3, -0.25) is 9.69 Å². The normalized spacial score (nSPS) is 13.8. The number of anilines is 1. The lowest BCUT2D eigenvalue weighted by Gasteiger charge is -2.34. The van der Waals surface area contributed by atoms with Crippen molar-refractivity contribution in [2.75, 3.05) is 19.0 Å². The number of halogens is 3. The van der Waals surface area contributed by atoms with Crippen LogP contribution >= 0.6 is 0 Å². The second kappa shape index (κ2) is 16.4. The molecule has 1 unspecified atom stereocenters. The molecule has 306 valence electrons. The molecule has 0 aliphatic heterocycles. The number of aromatic nitrogens is 2. The Balaban J connectivity index is 1.35. The zero-order valence-corrected chi connectivity index (χ0v) is 33.6. The van der Waals surface area contributed by atoms with Gasteiger partial charge in [0.2, 0.25) is 0 Å². The van der Waals surface area contributed by atoms with Crippen LogP contribution in [-0.4, -0.2) is 57.6 Å². The van der Waals surface area contributed by atoms with Crippen molar-refractivity contribution in [3.05, 3.63) is 119 Å². The third kappa shape index (κ3) is 10.7. The molecule has 11 nitrogen and oxygen atoms in total. The first-order valence-corrected chi connectivity index (χ1v) is 19.0. The second-order valence-corrected chi connectivity index (χ2v) is 16.4. The van der Waals surface area contributed by atoms with Crippen molar-refractivity contribution in [3.63, 3.8) is 0 Å². The zero-order chi connectivity index (χ0) is 42.0. The summed E-state index contributed by atoms with van der Waals surface area (Å²) < 4.78 is 59.8. The monoisotopic (exact) mass is 799 g/mol. The van der Waals surface area contributed by atoms with Crippen LogP contribution in [0.5, 0.6) is 5.75 Å². The average molecular weight is 800 g/mol. The van der Waals surface area contributed by atoms with E-state index in [-0.39, 0.29) is 29.5 Å². The summed E-state index contributed by atoms with van der Waals surface area (Å²) in [4.78, 5) is 41.9. The Kier molecular flexibility index (Phi) is 11.8. The van der Waals surface area contributed by atoms with E-state index >= 15 is 0 Å². The summed E-state index contributed by atoms with van der Waals surface area (Å²) in [6.45, 7) is 11.0. The molecule has 58 heavy (non-hydrogen) atoms. The smallest absolute Gasteiger partial charge is 0.435 e. The zero-order valence-electron chi connectivity index (χ0n) is 33.6. The number of alkyl halides is 3. The van der Waals surface area contributed by atoms with Crippen molar-refractivity contribution in [3.8, 4) is 11.4 Å². The lowest BCUT2D eigenvalue weighted by molar-refractivity contribution is -0.141. The second-order valence-electron chi connectivity index (χ2n) is 16.4. The molecule has 1 atom stereocenters. The third-order valence-corrected chi connectivity index (χ3v) is 9.16. The summed E-state index contributed by atoms with van der Waals surface area (Å²) in [5, 5.41) is 11.0. The van der Waals surface area contributed by atoms with E-state index in [9.17, 15) is 27.6 Å². The fourth-order valence-corrected chi connectivity index (χ4v) is 6.42. The highest BCUT2D eigenvalue weighted by atomic mass is 19.4. The maximum absolute atomic E-state index is 14.1. The Morgan fingerprint density at radius 1 is 0.828 bits per heavy atom. The number of carbonyl (C=O) groups is 3. The van der Waals surface area contributed by atoms with Crippen LogP contribution in [0, 0.1) is 5.92 Å². The first-order valence-electron chi connectivity index (χ1n) is 19.0. The van der Waals surface area contributed by atoms with Gasteiger partial charge in [-0.05, 0) is 130 Å². The maximum Gasteiger partial charge on any atom is 0.435 e. The van der Waals surface area contributed by atoms with Gasteiger partial charge in [0, 0.05) is 24.8 Å². The summed E-state index contributed by atoms with van der Waals surface area (Å²) in [6, 6.07) is 24.8. The van der Waals surface area contributed by atoms with E-state index in [4.69, 9.17) is 14.2 Å². The van der Waals surface area contributed by atoms with Crippen LogP contribution in [0.15, 0.2) is 91.0 Å². The van der Waals surface area contributed by atoms with Crippen LogP contribution in [0.4, 0.5) is 28.4 Å². The molecule has 0 saturated heterocycles. The number of amides is 3. The van der Waals surface area contributed by atoms with E-state index in [1.54, 1.807) is 83.9 Å². The molecule has 3 amide bonds. The number of alkyl carbamates (subject to hydrolysis) is 1. The van der Waals surface area contributed by atoms with Gasteiger partial charge in [-0.2, -0.15) is 18.3 Å². The van der Waals surface area contributed by atoms with Crippen molar-refractivity contribution in [1.82, 2.24) is 20.0 Å². The topological polar surface area (TPSA) is 124 Å². The van der Waals surface area contributed by atoms with Crippen LogP contribution < -0.4 is 15.4 Å². The molecule has 0 bridgehead atoms. The number of nitrogens with zero attached hydrogens (tertiary/aromatic N) is 3. The van der Waals surface area contributed by atoms with Crippen molar-refractivity contribution in [2.24, 2.45) is 5.92 Å². The Morgan fingerprint density at radius 2 is 1.50 bits per heavy atom. The number of nitrogens with one attached hydrogen (secondary N) is 2. The first kappa shape index (κ1) is 41.6. The maximum atomic E-state index is 14.1. The number of carbonyl (C=O) groups excluding carboxylic acids is 3. The standard InChI is InChI=1S/C44H48F3N5O6/c1-42(2,3)57-40(54)48-25-28-10-8-13-34(20-28)52-36(24-37(50-52)44(45,46)47)39(53)49-33-12-9-11-31(22-33)38(51(26-27-14-15-27)41(55)58-43(4,5)6)32-17-16-30-23-35(56-7)19-18-29(30)21-32/h8-13,16-24,27,38H,14-15,25-26H2,1-7H3,(H,48,54)(H,49,53). The molecule has 6 rings (SSSR count). The lowest BCUT2D eigenvalue weighted by Crippen LogP contribution is -2.41. The Morgan fingerprint density at radius 3 is 2.17 bits per heavy atom. The predicted molar refractivity (Wildman–Crippen MR) is 214 cm³/mol. The number of methoxy groups -OCH3 is 1. The minimum Gasteiger partial charge on any atom is -0.497 e. The van der Waals surface area contributed by atoms with Crippen molar-refractivity contribution in [2.45, 2.75) is 84.3 Å². The van der Waals surface area contributed by atoms with Crippen molar-refractivity contribution >= 4 is 34.6 Å². The Bertz CT molecular complexity index is 2310. The molecule has 0 radical (unpaired) electrons. The number of hydrogen-bond acceptors (Lipinski definition) is 7. The molecule has 2 N–H and O–H groups in total. The molecule has 1 aliphatic carbocycles. The molecule has 1 aromatic heterocycles. The largest absolute Gasteiger partial charge is 0.497 e. The highest BCUT2D eigenvalue weighted by Crippen LogP contribution is 2.39. The molecule has 4 aromatic carbocycles. The van der Waals surface area contributed by atoms with Gasteiger partial charge in [0.15, 0.2) is 5.69 Å². The number of fused-ring (bicyclic) bond motifs is 1. The molecule has 1 heterocycles. The minimum absolute atomic E-state index is 0.0120. The molecule has 1 aliphatic rings. The van der Waals surface area contributed by atoms with Crippen LogP contribution in [-0.2, 0) is 22.2 Å². The quantitative estimate of drug-likeness (QED) is 0.136. The van der Waals surface area contributed by atoms with E-state index < -0.39 is 47.2 Å². The number of ether oxygens (including phenoxy) is 3. The van der Waals surface area contributed by atoms with Gasteiger partial charge in [-0.25, -0.2) is 14.3 Å². The lowest BCUT2D eigenvalue weighted by atomic mass is 9.94. The SMILES string of the molecule is COc1ccc2cc(C(c3cccc(NC(=O)c4cc(C(F)(F)F)nn4-c4cccc(CNC(=O)OC(C)(C)C)c4)c3)N(CC3CC3)C(=O)OC(C)(C)C)ccc2c1. The minimum atomic E-state index is -4.85. The van der Waals surface area contributed by atoms with Crippen LogP contribution in [0.3, 0.4) is 0 Å². The summed E-state index contributed by atoms with van der Waals surface area (Å²) in [7, 11) is 1.60. The summed E-state index contributed by atoms with van der Waals surface area (Å²) in [5.74, 6) is 0.143. The number of hydrogen-bond donors (Lipinski definition) is 2. The van der Waals surface area contributed by atoms with Crippen LogP contribution in [0.2, 0.25) is 0 Å². The van der Waals surface area contributed by atoms with Gasteiger partial charge in [-0.1, -0.05) is 42.5 Å². The Hall–Kier alpha value is -6.05. The molecule has 5 aromatic rings. The van der Waals surface area contributed by atoms with Gasteiger partial charge in [0.1, 0.15) is 22.6 Å². The highest BCUT2D eigenvalue weighted by Gasteiger charge is 2.37. The molecule has 0 spiro atoms. The fourth-order valence-electron chi connectivity index (χ4n) is 6.42. The van der Waals surface area contributed by atoms with Crippen molar-refractivity contribution in [1.29, 1.82) is 0 Å². The third-order valence-electron chi connectivity index (χ3n) is 9.16. The summed E-state index contributed by atoms with van der Waals surface area (Å²) >= 11 is 0. The van der Waals surface area contributed by atoms with E-state index in [0.717, 1.165) is 33.9 Å². The van der Waals surface area contributed by atoms with Gasteiger partial charge in [-0.15, -0.1) is 0 Å². The van der Waals surface area contributed by atoms with Gasteiger partial charge in [0.25, 0.3) is 5.91 Å². The van der Waals surface area contributed by atoms with E-state index in [1.165, 1.54) is 12.1 Å². The first-order chi connectivity index (χ1) is 27.3. The highest BCUT2D eigenvalue weighted by molar-refractivity contribution is 6.03. The molecular weight excluding hydrogens is 752 g/mol. The molecule has 1 saturated carbocycles. The van der Waals surface area contributed by atoms with Gasteiger partial charge in [0.05, 0.1) is 18.8 Å². The molecular formula is C44H48F3N5O6. The van der Waals surface area contributed by atoms with Gasteiger partial charge >= 0.3 is 18.4 Å². The molecule has 14 heteroatoms. The number of benzene rings is 4. The predicted octanol–water partition coefficient (Wildman–Crippen LogP) is 10.1. The summed E-state index contributed by atoms with van der Waals surface area (Å²) in [6.07, 6.45) is -4.07. The van der Waals surface area contributed by atoms with Crippen LogP contribution in [0.25, 0.3) is 16.5 Å². The Labute approximate surface area is 335 Å². The van der Waals surface area contributed by atoms with Crippen LogP contribution in [0.1, 0.15) is 93.3 Å². The van der Waals surface area contributed by atoms with Crippen molar-refractivity contribution < 1.29 is 41.8 Å². The number of rotatable bonds is 11. The molecule has 1 fully saturated rings. The summed E-state index contributed by atoms with van der Waals surface area (Å²) in [5.41, 5.74) is -0.709. The van der Waals surface area contributed by atoms with Gasteiger partial charge < -0.3 is 24.8 Å². The van der Waals surface area contributed by atoms with E-state index in [1.807, 2.05) is 42.5 Å². The fraction of sp³-hybridized carbons (Fsp3) is 0.364. The average Bonchev–Trinajstić information content (AvgIpc) is 3.84. The van der Waals surface area contributed by atoms with E-state index in [0.29, 0.717) is 29.5 Å².